The van der Waals surface area contributed by atoms with Crippen LogP contribution in [-0.2, 0) is 14.3 Å². The molecule has 0 bridgehead atoms. The van der Waals surface area contributed by atoms with Crippen LogP contribution in [0.4, 0.5) is 15.8 Å². The first-order valence-corrected chi connectivity index (χ1v) is 8.45. The van der Waals surface area contributed by atoms with Crippen molar-refractivity contribution in [1.29, 1.82) is 0 Å². The van der Waals surface area contributed by atoms with Gasteiger partial charge in [-0.15, -0.1) is 0 Å². The summed E-state index contributed by atoms with van der Waals surface area (Å²) < 4.78 is 22.7. The molecule has 1 unspecified atom stereocenters. The molecule has 1 N–H and O–H groups in total. The van der Waals surface area contributed by atoms with E-state index < -0.39 is 40.4 Å². The molecule has 0 saturated heterocycles. The van der Waals surface area contributed by atoms with Gasteiger partial charge in [0.2, 0.25) is 0 Å². The van der Waals surface area contributed by atoms with E-state index in [-0.39, 0.29) is 17.7 Å². The van der Waals surface area contributed by atoms with Crippen molar-refractivity contribution in [3.63, 3.8) is 0 Å². The minimum absolute atomic E-state index is 0.0435. The number of hydrogen-bond acceptors (Lipinski definition) is 7. The van der Waals surface area contributed by atoms with Crippen LogP contribution in [0.1, 0.15) is 34.6 Å². The molecule has 0 aliphatic heterocycles. The maximum atomic E-state index is 12.9. The van der Waals surface area contributed by atoms with Crippen LogP contribution in [0.2, 0.25) is 0 Å². The molecule has 0 spiro atoms. The number of non-ortho nitro benzene ring substituents is 1. The number of nitrogens with one attached hydrogen (secondary N) is 1. The molecule has 10 heteroatoms. The average molecular weight is 404 g/mol. The van der Waals surface area contributed by atoms with Crippen molar-refractivity contribution in [3.05, 3.63) is 69.5 Å². The van der Waals surface area contributed by atoms with Gasteiger partial charge in [0.1, 0.15) is 5.82 Å². The first-order valence-electron chi connectivity index (χ1n) is 8.45. The van der Waals surface area contributed by atoms with Gasteiger partial charge in [0.25, 0.3) is 11.6 Å². The molecule has 9 nitrogen and oxygen atoms in total. The number of anilines is 1. The molecule has 2 rings (SSSR count). The summed E-state index contributed by atoms with van der Waals surface area (Å²) in [6, 6.07) is 7.92. The quantitative estimate of drug-likeness (QED) is 0.427. The topological polar surface area (TPSA) is 125 Å². The molecule has 2 aromatic carbocycles. The lowest BCUT2D eigenvalue weighted by atomic mass is 10.1. The number of benzene rings is 2. The summed E-state index contributed by atoms with van der Waals surface area (Å²) in [7, 11) is 0. The first-order chi connectivity index (χ1) is 13.7. The molecule has 0 fully saturated rings. The number of carbonyl (C=O) groups is 3. The van der Waals surface area contributed by atoms with E-state index in [1.54, 1.807) is 6.92 Å². The van der Waals surface area contributed by atoms with Crippen molar-refractivity contribution in [1.82, 2.24) is 0 Å². The van der Waals surface area contributed by atoms with Crippen molar-refractivity contribution in [2.75, 3.05) is 11.9 Å². The summed E-state index contributed by atoms with van der Waals surface area (Å²) in [6.45, 7) is 2.90. The Kier molecular flexibility index (Phi) is 6.96. The molecule has 0 saturated carbocycles. The van der Waals surface area contributed by atoms with Gasteiger partial charge in [-0.05, 0) is 44.2 Å². The molecule has 29 heavy (non-hydrogen) atoms. The highest BCUT2D eigenvalue weighted by molar-refractivity contribution is 5.99. The summed E-state index contributed by atoms with van der Waals surface area (Å²) >= 11 is 0. The van der Waals surface area contributed by atoms with E-state index in [1.165, 1.54) is 19.1 Å². The highest BCUT2D eigenvalue weighted by atomic mass is 19.1. The van der Waals surface area contributed by atoms with Gasteiger partial charge >= 0.3 is 11.9 Å². The van der Waals surface area contributed by atoms with Crippen molar-refractivity contribution in [2.24, 2.45) is 0 Å². The van der Waals surface area contributed by atoms with E-state index in [2.05, 4.69) is 5.32 Å². The Morgan fingerprint density at radius 3 is 2.24 bits per heavy atom. The normalized spacial score (nSPS) is 11.3. The van der Waals surface area contributed by atoms with E-state index >= 15 is 0 Å². The van der Waals surface area contributed by atoms with Crippen LogP contribution in [-0.4, -0.2) is 35.5 Å². The molecule has 0 radical (unpaired) electrons. The van der Waals surface area contributed by atoms with Crippen molar-refractivity contribution < 1.29 is 33.2 Å². The van der Waals surface area contributed by atoms with Crippen molar-refractivity contribution in [2.45, 2.75) is 20.0 Å². The van der Waals surface area contributed by atoms with Crippen LogP contribution in [0.3, 0.4) is 0 Å². The minimum Gasteiger partial charge on any atom is -0.462 e. The standard InChI is InChI=1S/C19H17FN2O7/c1-3-28-18(24)12-8-13(10-16(9-12)22(26)27)19(25)29-11(2)17(23)21-15-6-4-14(20)5-7-15/h4-11H,3H2,1-2H3,(H,21,23). The Bertz CT molecular complexity index is 944. The number of hydrogen-bond donors (Lipinski definition) is 1. The van der Waals surface area contributed by atoms with E-state index in [1.807, 2.05) is 0 Å². The Morgan fingerprint density at radius 2 is 1.69 bits per heavy atom. The Balaban J connectivity index is 2.15. The van der Waals surface area contributed by atoms with Gasteiger partial charge in [-0.1, -0.05) is 0 Å². The SMILES string of the molecule is CCOC(=O)c1cc(C(=O)OC(C)C(=O)Nc2ccc(F)cc2)cc([N+](=O)[O-])c1. The van der Waals surface area contributed by atoms with Crippen LogP contribution >= 0.6 is 0 Å². The summed E-state index contributed by atoms with van der Waals surface area (Å²) in [5.74, 6) is -3.06. The maximum absolute atomic E-state index is 12.9. The smallest absolute Gasteiger partial charge is 0.339 e. The van der Waals surface area contributed by atoms with Gasteiger partial charge < -0.3 is 14.8 Å². The second-order valence-corrected chi connectivity index (χ2v) is 5.79. The third-order valence-electron chi connectivity index (χ3n) is 3.64. The lowest BCUT2D eigenvalue weighted by molar-refractivity contribution is -0.384. The summed E-state index contributed by atoms with van der Waals surface area (Å²) in [5, 5.41) is 13.5. The highest BCUT2D eigenvalue weighted by Gasteiger charge is 2.23. The van der Waals surface area contributed by atoms with Gasteiger partial charge in [-0.25, -0.2) is 14.0 Å². The number of amides is 1. The Labute approximate surface area is 164 Å². The van der Waals surface area contributed by atoms with Crippen LogP contribution < -0.4 is 5.32 Å². The molecule has 0 heterocycles. The van der Waals surface area contributed by atoms with Gasteiger partial charge in [-0.3, -0.25) is 14.9 Å². The second kappa shape index (κ2) is 9.40. The Hall–Kier alpha value is -3.82. The predicted molar refractivity (Wildman–Crippen MR) is 99.0 cm³/mol. The third kappa shape index (κ3) is 5.83. The summed E-state index contributed by atoms with van der Waals surface area (Å²) in [6.07, 6.45) is -1.27. The Morgan fingerprint density at radius 1 is 1.10 bits per heavy atom. The number of ether oxygens (including phenoxy) is 2. The number of nitrogens with zero attached hydrogens (tertiary/aromatic N) is 1. The first kappa shape index (κ1) is 21.5. The van der Waals surface area contributed by atoms with Crippen LogP contribution in [0, 0.1) is 15.9 Å². The number of halogens is 1. The number of nitro benzene ring substituents is 1. The molecule has 1 amide bonds. The number of carbonyl (C=O) groups excluding carboxylic acids is 3. The lowest BCUT2D eigenvalue weighted by Crippen LogP contribution is -2.30. The molecular formula is C19H17FN2O7. The zero-order valence-corrected chi connectivity index (χ0v) is 15.5. The predicted octanol–water partition coefficient (Wildman–Crippen LogP) is 3.09. The fraction of sp³-hybridized carbons (Fsp3) is 0.211. The van der Waals surface area contributed by atoms with Gasteiger partial charge in [0, 0.05) is 17.8 Å². The second-order valence-electron chi connectivity index (χ2n) is 5.79. The molecular weight excluding hydrogens is 387 g/mol. The van der Waals surface area contributed by atoms with Crippen molar-refractivity contribution in [3.8, 4) is 0 Å². The van der Waals surface area contributed by atoms with Crippen LogP contribution in [0.15, 0.2) is 42.5 Å². The largest absolute Gasteiger partial charge is 0.462 e. The fourth-order valence-electron chi connectivity index (χ4n) is 2.23. The molecule has 2 aromatic rings. The van der Waals surface area contributed by atoms with E-state index in [0.717, 1.165) is 30.3 Å². The molecule has 0 aromatic heterocycles. The highest BCUT2D eigenvalue weighted by Crippen LogP contribution is 2.20. The number of esters is 2. The molecule has 1 atom stereocenters. The number of rotatable bonds is 7. The molecule has 0 aliphatic carbocycles. The lowest BCUT2D eigenvalue weighted by Gasteiger charge is -2.14. The number of nitro groups is 1. The molecule has 152 valence electrons. The summed E-state index contributed by atoms with van der Waals surface area (Å²) in [4.78, 5) is 46.6. The third-order valence-corrected chi connectivity index (χ3v) is 3.64. The van der Waals surface area contributed by atoms with Crippen LogP contribution in [0.25, 0.3) is 0 Å². The van der Waals surface area contributed by atoms with E-state index in [9.17, 15) is 28.9 Å². The van der Waals surface area contributed by atoms with Gasteiger partial charge in [0.15, 0.2) is 6.10 Å². The maximum Gasteiger partial charge on any atom is 0.339 e. The zero-order chi connectivity index (χ0) is 21.6. The van der Waals surface area contributed by atoms with E-state index in [4.69, 9.17) is 9.47 Å². The van der Waals surface area contributed by atoms with Gasteiger partial charge in [0.05, 0.1) is 22.7 Å². The zero-order valence-electron chi connectivity index (χ0n) is 15.5. The van der Waals surface area contributed by atoms with Crippen molar-refractivity contribution >= 4 is 29.2 Å². The van der Waals surface area contributed by atoms with Crippen LogP contribution in [0.5, 0.6) is 0 Å². The molecule has 0 aliphatic rings. The van der Waals surface area contributed by atoms with Gasteiger partial charge in [-0.2, -0.15) is 0 Å². The van der Waals surface area contributed by atoms with E-state index in [0.29, 0.717) is 5.69 Å². The minimum atomic E-state index is -1.27. The monoisotopic (exact) mass is 404 g/mol. The average Bonchev–Trinajstić information content (AvgIpc) is 2.69. The summed E-state index contributed by atoms with van der Waals surface area (Å²) in [5.41, 5.74) is -0.703. The fourth-order valence-corrected chi connectivity index (χ4v) is 2.23.